The van der Waals surface area contributed by atoms with E-state index in [0.717, 1.165) is 23.1 Å². The predicted octanol–water partition coefficient (Wildman–Crippen LogP) is 5.10. The second kappa shape index (κ2) is 15.6. The molecule has 1 saturated heterocycles. The van der Waals surface area contributed by atoms with Gasteiger partial charge in [0.25, 0.3) is 5.91 Å². The summed E-state index contributed by atoms with van der Waals surface area (Å²) in [6, 6.07) is 19.5. The number of nitrogens with zero attached hydrogens (tertiary/aromatic N) is 3. The first-order chi connectivity index (χ1) is 23.5. The number of carbonyl (C=O) groups excluding carboxylic acids is 4. The van der Waals surface area contributed by atoms with Gasteiger partial charge in [0.15, 0.2) is 0 Å². The van der Waals surface area contributed by atoms with Crippen molar-refractivity contribution in [2.45, 2.75) is 58.1 Å². The van der Waals surface area contributed by atoms with Crippen LogP contribution in [0.4, 0.5) is 4.79 Å². The molecule has 0 radical (unpaired) electrons. The summed E-state index contributed by atoms with van der Waals surface area (Å²) < 4.78 is 16.0. The number of amides is 3. The monoisotopic (exact) mass is 670 g/mol. The van der Waals surface area contributed by atoms with Crippen LogP contribution in [-0.2, 0) is 25.4 Å². The lowest BCUT2D eigenvalue weighted by Gasteiger charge is -2.36. The number of aromatic nitrogens is 1. The van der Waals surface area contributed by atoms with Gasteiger partial charge in [-0.25, -0.2) is 14.6 Å². The molecule has 1 saturated carbocycles. The highest BCUT2D eigenvalue weighted by molar-refractivity contribution is 5.97. The molecule has 0 bridgehead atoms. The van der Waals surface area contributed by atoms with Crippen molar-refractivity contribution in [3.8, 4) is 11.3 Å². The van der Waals surface area contributed by atoms with Crippen molar-refractivity contribution in [2.24, 2.45) is 5.92 Å². The molecule has 2 aliphatic rings. The Balaban J connectivity index is 1.39. The summed E-state index contributed by atoms with van der Waals surface area (Å²) >= 11 is 0. The van der Waals surface area contributed by atoms with Crippen LogP contribution in [0.15, 0.2) is 66.7 Å². The number of hydrogen-bond acceptors (Lipinski definition) is 8. The molecule has 49 heavy (non-hydrogen) atoms. The van der Waals surface area contributed by atoms with Crippen molar-refractivity contribution in [2.75, 3.05) is 46.5 Å². The third kappa shape index (κ3) is 9.44. The lowest BCUT2D eigenvalue weighted by atomic mass is 10.0. The maximum Gasteiger partial charge on any atom is 0.409 e. The van der Waals surface area contributed by atoms with Crippen molar-refractivity contribution in [1.82, 2.24) is 20.1 Å². The number of carbonyl (C=O) groups is 4. The molecule has 3 atom stereocenters. The molecule has 11 nitrogen and oxygen atoms in total. The van der Waals surface area contributed by atoms with Crippen molar-refractivity contribution in [3.63, 3.8) is 0 Å². The van der Waals surface area contributed by atoms with Crippen LogP contribution >= 0.6 is 0 Å². The van der Waals surface area contributed by atoms with Crippen molar-refractivity contribution < 1.29 is 33.4 Å². The average Bonchev–Trinajstić information content (AvgIpc) is 3.87. The number of rotatable bonds is 11. The smallest absolute Gasteiger partial charge is 0.409 e. The minimum absolute atomic E-state index is 0.182. The van der Waals surface area contributed by atoms with E-state index in [4.69, 9.17) is 19.2 Å². The summed E-state index contributed by atoms with van der Waals surface area (Å²) in [6.45, 7) is 9.33. The van der Waals surface area contributed by atoms with E-state index in [2.05, 4.69) is 5.32 Å². The molecule has 3 unspecified atom stereocenters. The fourth-order valence-electron chi connectivity index (χ4n) is 6.02. The standard InChI is InChI=1S/C38H46N4O7/c1-6-48-37(46)42-18-16-41(17-19-42)35(44)33(20-25-12-14-27(15-13-25)36(45)49-38(2,3)4)40-34(43)32-23-28(30-21-29(30)24-47-5)22-31(39-32)26-10-8-7-9-11-26/h7-15,22-23,29-30,33H,6,16-21,24H2,1-5H3,(H,40,43). The van der Waals surface area contributed by atoms with E-state index in [9.17, 15) is 19.2 Å². The fourth-order valence-corrected chi connectivity index (χ4v) is 6.02. The molecule has 1 aliphatic heterocycles. The van der Waals surface area contributed by atoms with Gasteiger partial charge in [-0.2, -0.15) is 0 Å². The minimum atomic E-state index is -0.929. The molecule has 3 amide bonds. The van der Waals surface area contributed by atoms with Gasteiger partial charge < -0.3 is 29.3 Å². The summed E-state index contributed by atoms with van der Waals surface area (Å²) in [4.78, 5) is 60.9. The van der Waals surface area contributed by atoms with Crippen LogP contribution in [-0.4, -0.2) is 96.8 Å². The molecule has 1 aromatic heterocycles. The van der Waals surface area contributed by atoms with Gasteiger partial charge in [-0.1, -0.05) is 42.5 Å². The SMILES string of the molecule is CCOC(=O)N1CCN(C(=O)C(Cc2ccc(C(=O)OC(C)(C)C)cc2)NC(=O)c2cc(C3CC3COC)cc(-c3ccccc3)n2)CC1. The van der Waals surface area contributed by atoms with Crippen molar-refractivity contribution in [3.05, 3.63) is 89.1 Å². The Kier molecular flexibility index (Phi) is 11.3. The van der Waals surface area contributed by atoms with Crippen LogP contribution < -0.4 is 5.32 Å². The molecule has 0 spiro atoms. The number of nitrogens with one attached hydrogen (secondary N) is 1. The molecule has 1 N–H and O–H groups in total. The first kappa shape index (κ1) is 35.5. The van der Waals surface area contributed by atoms with Gasteiger partial charge in [-0.05, 0) is 81.3 Å². The van der Waals surface area contributed by atoms with Crippen LogP contribution in [0.5, 0.6) is 0 Å². The zero-order chi connectivity index (χ0) is 35.1. The molecule has 260 valence electrons. The van der Waals surface area contributed by atoms with Gasteiger partial charge in [-0.15, -0.1) is 0 Å². The van der Waals surface area contributed by atoms with E-state index in [1.807, 2.05) is 42.5 Å². The summed E-state index contributed by atoms with van der Waals surface area (Å²) in [5, 5.41) is 2.99. The van der Waals surface area contributed by atoms with Gasteiger partial charge in [-0.3, -0.25) is 9.59 Å². The van der Waals surface area contributed by atoms with Gasteiger partial charge in [0, 0.05) is 51.9 Å². The van der Waals surface area contributed by atoms with Crippen LogP contribution in [0.2, 0.25) is 0 Å². The maximum absolute atomic E-state index is 14.1. The molecule has 11 heteroatoms. The number of benzene rings is 2. The lowest BCUT2D eigenvalue weighted by molar-refractivity contribution is -0.134. The Morgan fingerprint density at radius 1 is 0.939 bits per heavy atom. The van der Waals surface area contributed by atoms with Gasteiger partial charge in [0.1, 0.15) is 17.3 Å². The molecular weight excluding hydrogens is 624 g/mol. The Morgan fingerprint density at radius 3 is 2.24 bits per heavy atom. The Hall–Kier alpha value is -4.77. The molecular formula is C38H46N4O7. The molecule has 1 aliphatic carbocycles. The molecule has 2 fully saturated rings. The zero-order valence-corrected chi connectivity index (χ0v) is 28.9. The second-order valence-electron chi connectivity index (χ2n) is 13.5. The summed E-state index contributed by atoms with van der Waals surface area (Å²) in [7, 11) is 1.69. The number of methoxy groups -OCH3 is 1. The highest BCUT2D eigenvalue weighted by Crippen LogP contribution is 2.48. The van der Waals surface area contributed by atoms with E-state index in [0.29, 0.717) is 50.0 Å². The predicted molar refractivity (Wildman–Crippen MR) is 184 cm³/mol. The Morgan fingerprint density at radius 2 is 1.61 bits per heavy atom. The number of esters is 1. The van der Waals surface area contributed by atoms with E-state index < -0.39 is 29.6 Å². The van der Waals surface area contributed by atoms with E-state index in [1.54, 1.807) is 68.9 Å². The highest BCUT2D eigenvalue weighted by Gasteiger charge is 2.39. The van der Waals surface area contributed by atoms with Crippen LogP contribution in [0.1, 0.15) is 72.0 Å². The fraction of sp³-hybridized carbons (Fsp3) is 0.447. The lowest BCUT2D eigenvalue weighted by Crippen LogP contribution is -2.56. The molecule has 2 heterocycles. The number of piperazine rings is 1. The van der Waals surface area contributed by atoms with Crippen LogP contribution in [0.3, 0.4) is 0 Å². The first-order valence-corrected chi connectivity index (χ1v) is 16.9. The van der Waals surface area contributed by atoms with E-state index in [1.165, 1.54) is 0 Å². The van der Waals surface area contributed by atoms with Crippen molar-refractivity contribution in [1.29, 1.82) is 0 Å². The number of ether oxygens (including phenoxy) is 3. The van der Waals surface area contributed by atoms with E-state index >= 15 is 0 Å². The number of pyridine rings is 1. The second-order valence-corrected chi connectivity index (χ2v) is 13.5. The van der Waals surface area contributed by atoms with Crippen LogP contribution in [0.25, 0.3) is 11.3 Å². The highest BCUT2D eigenvalue weighted by atomic mass is 16.6. The average molecular weight is 671 g/mol. The number of hydrogen-bond donors (Lipinski definition) is 1. The van der Waals surface area contributed by atoms with Gasteiger partial charge in [0.2, 0.25) is 5.91 Å². The largest absolute Gasteiger partial charge is 0.456 e. The van der Waals surface area contributed by atoms with Gasteiger partial charge >= 0.3 is 12.1 Å². The Labute approximate surface area is 287 Å². The quantitative estimate of drug-likeness (QED) is 0.280. The minimum Gasteiger partial charge on any atom is -0.456 e. The third-order valence-corrected chi connectivity index (χ3v) is 8.63. The summed E-state index contributed by atoms with van der Waals surface area (Å²) in [5.41, 5.74) is 3.32. The van der Waals surface area contributed by atoms with E-state index in [-0.39, 0.29) is 30.5 Å². The normalized spacial score (nSPS) is 18.0. The summed E-state index contributed by atoms with van der Waals surface area (Å²) in [6.07, 6.45) is 0.736. The summed E-state index contributed by atoms with van der Waals surface area (Å²) in [5.74, 6) is -0.540. The first-order valence-electron chi connectivity index (χ1n) is 16.9. The molecule has 5 rings (SSSR count). The Bertz CT molecular complexity index is 1630. The topological polar surface area (TPSA) is 127 Å². The maximum atomic E-state index is 14.1. The molecule has 3 aromatic rings. The third-order valence-electron chi connectivity index (χ3n) is 8.63. The molecule has 2 aromatic carbocycles. The van der Waals surface area contributed by atoms with Gasteiger partial charge in [0.05, 0.1) is 17.9 Å². The van der Waals surface area contributed by atoms with Crippen LogP contribution in [0, 0.1) is 5.92 Å². The zero-order valence-electron chi connectivity index (χ0n) is 28.9. The van der Waals surface area contributed by atoms with Crippen molar-refractivity contribution >= 4 is 23.9 Å².